The van der Waals surface area contributed by atoms with Gasteiger partial charge in [-0.2, -0.15) is 0 Å². The predicted octanol–water partition coefficient (Wildman–Crippen LogP) is -0.145. The summed E-state index contributed by atoms with van der Waals surface area (Å²) in [6.45, 7) is 2.16. The fraction of sp³-hybridized carbons (Fsp3) is 0.600. The molecule has 0 aromatic carbocycles. The van der Waals surface area contributed by atoms with Gasteiger partial charge in [-0.3, -0.25) is 4.79 Å². The summed E-state index contributed by atoms with van der Waals surface area (Å²) in [5.41, 5.74) is 0. The summed E-state index contributed by atoms with van der Waals surface area (Å²) < 4.78 is 4.70. The fourth-order valence-electron chi connectivity index (χ4n) is 0.542. The summed E-state index contributed by atoms with van der Waals surface area (Å²) in [6, 6.07) is 0. The molecule has 0 aliphatic carbocycles. The lowest BCUT2D eigenvalue weighted by atomic mass is 10.8. The number of H-pyrrole nitrogens is 1. The molecule has 1 aromatic rings. The number of thioether (sulfide) groups is 1. The average Bonchev–Trinajstić information content (AvgIpc) is 2.53. The summed E-state index contributed by atoms with van der Waals surface area (Å²) in [4.78, 5) is 10.8. The van der Waals surface area contributed by atoms with Gasteiger partial charge in [0.05, 0.1) is 12.4 Å². The number of hydrogen-bond donors (Lipinski definition) is 1. The molecule has 0 amide bonds. The standard InChI is InChI=1S/C5H8N4O2S/c1-2-11-4(10)3-12-5-6-8-9-7-5/h2-3H2,1H3,(H,6,7,8,9). The molecule has 0 aliphatic rings. The number of esters is 1. The van der Waals surface area contributed by atoms with E-state index in [0.717, 1.165) is 0 Å². The number of nitrogens with one attached hydrogen (secondary N) is 1. The Bertz CT molecular complexity index is 238. The second-order valence-corrected chi connectivity index (χ2v) is 2.76. The van der Waals surface area contributed by atoms with Gasteiger partial charge in [-0.05, 0) is 17.4 Å². The van der Waals surface area contributed by atoms with Crippen LogP contribution in [-0.4, -0.2) is 39.0 Å². The minimum atomic E-state index is -0.265. The van der Waals surface area contributed by atoms with Crippen molar-refractivity contribution in [3.8, 4) is 0 Å². The van der Waals surface area contributed by atoms with Gasteiger partial charge in [-0.1, -0.05) is 11.8 Å². The third-order valence-electron chi connectivity index (χ3n) is 0.958. The van der Waals surface area contributed by atoms with Gasteiger partial charge in [0, 0.05) is 0 Å². The molecule has 1 N–H and O–H groups in total. The molecule has 7 heteroatoms. The molecular weight excluding hydrogens is 180 g/mol. The van der Waals surface area contributed by atoms with E-state index in [2.05, 4.69) is 20.6 Å². The number of aromatic amines is 1. The first kappa shape index (κ1) is 8.98. The van der Waals surface area contributed by atoms with Crippen molar-refractivity contribution in [2.24, 2.45) is 0 Å². The van der Waals surface area contributed by atoms with Gasteiger partial charge in [0.2, 0.25) is 5.16 Å². The van der Waals surface area contributed by atoms with E-state index in [1.807, 2.05) is 0 Å². The zero-order valence-electron chi connectivity index (χ0n) is 6.48. The van der Waals surface area contributed by atoms with Gasteiger partial charge in [0.1, 0.15) is 0 Å². The Hall–Kier alpha value is -1.11. The zero-order chi connectivity index (χ0) is 8.81. The van der Waals surface area contributed by atoms with Crippen molar-refractivity contribution in [1.29, 1.82) is 0 Å². The molecule has 6 nitrogen and oxygen atoms in total. The van der Waals surface area contributed by atoms with E-state index in [1.165, 1.54) is 11.8 Å². The SMILES string of the molecule is CCOC(=O)CSc1nnn[nH]1. The minimum Gasteiger partial charge on any atom is -0.465 e. The Kier molecular flexibility index (Phi) is 3.52. The second-order valence-electron chi connectivity index (χ2n) is 1.80. The quantitative estimate of drug-likeness (QED) is 0.523. The summed E-state index contributed by atoms with van der Waals surface area (Å²) in [6.07, 6.45) is 0. The first-order valence-corrected chi connectivity index (χ1v) is 4.33. The number of rotatable bonds is 4. The molecule has 0 bridgehead atoms. The van der Waals surface area contributed by atoms with Crippen LogP contribution in [0.1, 0.15) is 6.92 Å². The predicted molar refractivity (Wildman–Crippen MR) is 41.5 cm³/mol. The maximum Gasteiger partial charge on any atom is 0.316 e. The number of aromatic nitrogens is 4. The Balaban J connectivity index is 2.22. The third kappa shape index (κ3) is 2.87. The van der Waals surface area contributed by atoms with Crippen molar-refractivity contribution in [3.05, 3.63) is 0 Å². The van der Waals surface area contributed by atoms with E-state index >= 15 is 0 Å². The van der Waals surface area contributed by atoms with Crippen LogP contribution in [0.25, 0.3) is 0 Å². The Morgan fingerprint density at radius 3 is 3.17 bits per heavy atom. The van der Waals surface area contributed by atoms with E-state index in [0.29, 0.717) is 11.8 Å². The molecule has 0 saturated heterocycles. The maximum atomic E-state index is 10.8. The second kappa shape index (κ2) is 4.70. The first-order chi connectivity index (χ1) is 5.83. The number of ether oxygens (including phenoxy) is 1. The van der Waals surface area contributed by atoms with E-state index in [1.54, 1.807) is 6.92 Å². The van der Waals surface area contributed by atoms with E-state index in [-0.39, 0.29) is 11.7 Å². The van der Waals surface area contributed by atoms with Crippen LogP contribution < -0.4 is 0 Å². The monoisotopic (exact) mass is 188 g/mol. The van der Waals surface area contributed by atoms with Crippen molar-refractivity contribution < 1.29 is 9.53 Å². The van der Waals surface area contributed by atoms with Crippen LogP contribution in [0.4, 0.5) is 0 Å². The van der Waals surface area contributed by atoms with Crippen molar-refractivity contribution in [2.75, 3.05) is 12.4 Å². The van der Waals surface area contributed by atoms with Crippen molar-refractivity contribution in [2.45, 2.75) is 12.1 Å². The lowest BCUT2D eigenvalue weighted by Gasteiger charge is -1.97. The maximum absolute atomic E-state index is 10.8. The van der Waals surface area contributed by atoms with Crippen molar-refractivity contribution in [1.82, 2.24) is 20.6 Å². The highest BCUT2D eigenvalue weighted by molar-refractivity contribution is 7.99. The van der Waals surface area contributed by atoms with Gasteiger partial charge < -0.3 is 4.74 Å². The Labute approximate surface area is 73.1 Å². The molecule has 0 unspecified atom stereocenters. The molecule has 1 rings (SSSR count). The first-order valence-electron chi connectivity index (χ1n) is 3.35. The smallest absolute Gasteiger partial charge is 0.316 e. The number of carbonyl (C=O) groups excluding carboxylic acids is 1. The molecular formula is C5H8N4O2S. The van der Waals surface area contributed by atoms with Gasteiger partial charge in [0.25, 0.3) is 0 Å². The molecule has 0 saturated carbocycles. The highest BCUT2D eigenvalue weighted by Gasteiger charge is 2.04. The lowest BCUT2D eigenvalue weighted by molar-refractivity contribution is -0.139. The molecule has 0 aliphatic heterocycles. The lowest BCUT2D eigenvalue weighted by Crippen LogP contribution is -2.06. The third-order valence-corrected chi connectivity index (χ3v) is 1.78. The van der Waals surface area contributed by atoms with Crippen LogP contribution in [0.2, 0.25) is 0 Å². The van der Waals surface area contributed by atoms with Gasteiger partial charge >= 0.3 is 5.97 Å². The molecule has 1 aromatic heterocycles. The number of carbonyl (C=O) groups is 1. The van der Waals surface area contributed by atoms with Crippen LogP contribution in [0.15, 0.2) is 5.16 Å². The van der Waals surface area contributed by atoms with Crippen LogP contribution in [0.3, 0.4) is 0 Å². The minimum absolute atomic E-state index is 0.227. The molecule has 0 fully saturated rings. The van der Waals surface area contributed by atoms with Gasteiger partial charge in [0.15, 0.2) is 0 Å². The zero-order valence-corrected chi connectivity index (χ0v) is 7.30. The van der Waals surface area contributed by atoms with Crippen LogP contribution in [0.5, 0.6) is 0 Å². The van der Waals surface area contributed by atoms with Gasteiger partial charge in [-0.25, -0.2) is 5.10 Å². The Morgan fingerprint density at radius 2 is 2.58 bits per heavy atom. The number of tetrazole rings is 1. The highest BCUT2D eigenvalue weighted by Crippen LogP contribution is 2.09. The van der Waals surface area contributed by atoms with Crippen molar-refractivity contribution >= 4 is 17.7 Å². The molecule has 0 atom stereocenters. The van der Waals surface area contributed by atoms with Crippen LogP contribution in [0, 0.1) is 0 Å². The Morgan fingerprint density at radius 1 is 1.75 bits per heavy atom. The molecule has 66 valence electrons. The van der Waals surface area contributed by atoms with E-state index < -0.39 is 0 Å². The highest BCUT2D eigenvalue weighted by atomic mass is 32.2. The van der Waals surface area contributed by atoms with Crippen molar-refractivity contribution in [3.63, 3.8) is 0 Å². The number of nitrogens with zero attached hydrogens (tertiary/aromatic N) is 3. The van der Waals surface area contributed by atoms with Gasteiger partial charge in [-0.15, -0.1) is 5.10 Å². The summed E-state index contributed by atoms with van der Waals surface area (Å²) in [7, 11) is 0. The average molecular weight is 188 g/mol. The van der Waals surface area contributed by atoms with E-state index in [4.69, 9.17) is 4.74 Å². The molecule has 0 radical (unpaired) electrons. The summed E-state index contributed by atoms with van der Waals surface area (Å²) in [5, 5.41) is 13.3. The largest absolute Gasteiger partial charge is 0.465 e. The molecule has 0 spiro atoms. The molecule has 12 heavy (non-hydrogen) atoms. The number of hydrogen-bond acceptors (Lipinski definition) is 6. The fourth-order valence-corrected chi connectivity index (χ4v) is 1.08. The summed E-state index contributed by atoms with van der Waals surface area (Å²) in [5.74, 6) is -0.0380. The van der Waals surface area contributed by atoms with Crippen LogP contribution >= 0.6 is 11.8 Å². The van der Waals surface area contributed by atoms with Crippen LogP contribution in [-0.2, 0) is 9.53 Å². The topological polar surface area (TPSA) is 80.8 Å². The summed E-state index contributed by atoms with van der Waals surface area (Å²) >= 11 is 1.21. The normalized spacial score (nSPS) is 9.75. The molecule has 1 heterocycles. The van der Waals surface area contributed by atoms with E-state index in [9.17, 15) is 4.79 Å².